The van der Waals surface area contributed by atoms with Crippen molar-refractivity contribution in [1.82, 2.24) is 25.2 Å². The Morgan fingerprint density at radius 2 is 1.97 bits per heavy atom. The third-order valence-electron chi connectivity index (χ3n) is 7.45. The molecule has 9 heteroatoms. The average Bonchev–Trinajstić information content (AvgIpc) is 3.35. The van der Waals surface area contributed by atoms with Gasteiger partial charge in [0.15, 0.2) is 0 Å². The number of hydrogen-bond donors (Lipinski definition) is 2. The fourth-order valence-electron chi connectivity index (χ4n) is 5.50. The van der Waals surface area contributed by atoms with E-state index < -0.39 is 0 Å². The number of carbonyl (C=O) groups is 1. The molecule has 2 N–H and O–H groups in total. The summed E-state index contributed by atoms with van der Waals surface area (Å²) in [5.74, 6) is 1.86. The number of nitrogens with one attached hydrogen (secondary N) is 2. The van der Waals surface area contributed by atoms with Gasteiger partial charge in [0.25, 0.3) is 11.5 Å². The van der Waals surface area contributed by atoms with E-state index in [1.54, 1.807) is 19.3 Å². The second-order valence-electron chi connectivity index (χ2n) is 9.46. The van der Waals surface area contributed by atoms with E-state index in [9.17, 15) is 9.59 Å². The van der Waals surface area contributed by atoms with Crippen LogP contribution in [0.3, 0.4) is 0 Å². The van der Waals surface area contributed by atoms with Crippen LogP contribution in [0, 0.1) is 0 Å². The molecule has 2 aromatic heterocycles. The zero-order valence-corrected chi connectivity index (χ0v) is 19.5. The molecule has 1 atom stereocenters. The first-order chi connectivity index (χ1) is 16.0. The number of pyridine rings is 1. The van der Waals surface area contributed by atoms with Crippen LogP contribution in [0.2, 0.25) is 0 Å². The minimum Gasteiger partial charge on any atom is -0.370 e. The number of aromatic nitrogens is 3. The molecule has 0 aliphatic carbocycles. The van der Waals surface area contributed by atoms with Crippen molar-refractivity contribution >= 4 is 17.4 Å². The maximum Gasteiger partial charge on any atom is 0.269 e. The van der Waals surface area contributed by atoms with Crippen molar-refractivity contribution in [2.24, 2.45) is 0 Å². The Hall–Kier alpha value is -2.94. The molecule has 0 aromatic carbocycles. The van der Waals surface area contributed by atoms with Crippen LogP contribution in [0.1, 0.15) is 53.5 Å². The monoisotopic (exact) mass is 451 g/mol. The maximum absolute atomic E-state index is 12.6. The third kappa shape index (κ3) is 4.34. The number of hydrogen-bond acceptors (Lipinski definition) is 7. The first kappa shape index (κ1) is 21.9. The van der Waals surface area contributed by atoms with Crippen LogP contribution in [0.25, 0.3) is 0 Å². The molecule has 0 bridgehead atoms. The first-order valence-corrected chi connectivity index (χ1v) is 12.0. The summed E-state index contributed by atoms with van der Waals surface area (Å²) in [6, 6.07) is 4.32. The van der Waals surface area contributed by atoms with Crippen molar-refractivity contribution in [2.45, 2.75) is 44.1 Å². The average molecular weight is 452 g/mol. The van der Waals surface area contributed by atoms with E-state index in [-0.39, 0.29) is 17.4 Å². The highest BCUT2D eigenvalue weighted by atomic mass is 16.1. The molecule has 0 saturated carbocycles. The molecular formula is C24H33N7O2. The quantitative estimate of drug-likeness (QED) is 0.725. The van der Waals surface area contributed by atoms with Crippen LogP contribution < -0.4 is 20.7 Å². The highest BCUT2D eigenvalue weighted by Gasteiger charge is 2.33. The zero-order chi connectivity index (χ0) is 22.9. The van der Waals surface area contributed by atoms with Crippen molar-refractivity contribution in [3.8, 4) is 0 Å². The highest BCUT2D eigenvalue weighted by Crippen LogP contribution is 2.31. The van der Waals surface area contributed by atoms with Crippen molar-refractivity contribution in [3.05, 3.63) is 45.8 Å². The van der Waals surface area contributed by atoms with Gasteiger partial charge in [0.2, 0.25) is 0 Å². The lowest BCUT2D eigenvalue weighted by molar-refractivity contribution is 0.0958. The van der Waals surface area contributed by atoms with Gasteiger partial charge < -0.3 is 20.1 Å². The number of carbonyl (C=O) groups excluding carboxylic acids is 1. The summed E-state index contributed by atoms with van der Waals surface area (Å²) in [5, 5.41) is 2.61. The van der Waals surface area contributed by atoms with Crippen LogP contribution in [0.15, 0.2) is 23.1 Å². The van der Waals surface area contributed by atoms with Crippen LogP contribution >= 0.6 is 0 Å². The molecule has 3 aliphatic rings. The van der Waals surface area contributed by atoms with E-state index >= 15 is 0 Å². The summed E-state index contributed by atoms with van der Waals surface area (Å²) in [5.41, 5.74) is 2.40. The molecular weight excluding hydrogens is 418 g/mol. The van der Waals surface area contributed by atoms with Gasteiger partial charge in [-0.2, -0.15) is 0 Å². The summed E-state index contributed by atoms with van der Waals surface area (Å²) in [6.07, 6.45) is 6.86. The number of H-pyrrole nitrogens is 1. The Kier molecular flexibility index (Phi) is 6.05. The molecule has 1 amide bonds. The van der Waals surface area contributed by atoms with Crippen LogP contribution in [-0.2, 0) is 6.42 Å². The molecule has 5 heterocycles. The molecule has 0 spiro atoms. The van der Waals surface area contributed by atoms with E-state index in [0.717, 1.165) is 87.7 Å². The highest BCUT2D eigenvalue weighted by molar-refractivity contribution is 5.92. The van der Waals surface area contributed by atoms with Gasteiger partial charge >= 0.3 is 0 Å². The van der Waals surface area contributed by atoms with E-state index in [0.29, 0.717) is 11.7 Å². The summed E-state index contributed by atoms with van der Waals surface area (Å²) in [6.45, 7) is 4.92. The number of aromatic amines is 1. The van der Waals surface area contributed by atoms with Gasteiger partial charge in [0, 0.05) is 52.2 Å². The largest absolute Gasteiger partial charge is 0.370 e. The predicted molar refractivity (Wildman–Crippen MR) is 128 cm³/mol. The number of likely N-dealkylation sites (tertiary alicyclic amines) is 1. The predicted octanol–water partition coefficient (Wildman–Crippen LogP) is 1.37. The van der Waals surface area contributed by atoms with Gasteiger partial charge in [0.05, 0.1) is 17.4 Å². The van der Waals surface area contributed by atoms with Crippen molar-refractivity contribution in [3.63, 3.8) is 0 Å². The lowest BCUT2D eigenvalue weighted by Gasteiger charge is -2.37. The lowest BCUT2D eigenvalue weighted by atomic mass is 10.0. The minimum absolute atomic E-state index is 0.0457. The molecule has 33 heavy (non-hydrogen) atoms. The van der Waals surface area contributed by atoms with Crippen molar-refractivity contribution < 1.29 is 4.79 Å². The fraction of sp³-hybridized carbons (Fsp3) is 0.583. The molecule has 9 nitrogen and oxygen atoms in total. The van der Waals surface area contributed by atoms with E-state index in [2.05, 4.69) is 30.0 Å². The van der Waals surface area contributed by atoms with Gasteiger partial charge in [-0.3, -0.25) is 14.5 Å². The Morgan fingerprint density at radius 1 is 1.15 bits per heavy atom. The molecule has 2 fully saturated rings. The Morgan fingerprint density at radius 3 is 2.70 bits per heavy atom. The summed E-state index contributed by atoms with van der Waals surface area (Å²) in [7, 11) is 3.65. The smallest absolute Gasteiger partial charge is 0.269 e. The van der Waals surface area contributed by atoms with Gasteiger partial charge in [0.1, 0.15) is 17.3 Å². The van der Waals surface area contributed by atoms with E-state index in [4.69, 9.17) is 4.98 Å². The van der Waals surface area contributed by atoms with Gasteiger partial charge in [-0.15, -0.1) is 0 Å². The summed E-state index contributed by atoms with van der Waals surface area (Å²) < 4.78 is 0. The molecule has 2 aromatic rings. The maximum atomic E-state index is 12.6. The molecule has 1 unspecified atom stereocenters. The first-order valence-electron chi connectivity index (χ1n) is 12.0. The molecule has 5 rings (SSSR count). The number of piperidine rings is 1. The number of fused-ring (bicyclic) bond motifs is 1. The third-order valence-corrected chi connectivity index (χ3v) is 7.45. The van der Waals surface area contributed by atoms with Crippen LogP contribution in [0.5, 0.6) is 0 Å². The minimum atomic E-state index is -0.162. The fourth-order valence-corrected chi connectivity index (χ4v) is 5.50. The van der Waals surface area contributed by atoms with E-state index in [1.165, 1.54) is 0 Å². The number of rotatable bonds is 4. The molecule has 176 valence electrons. The number of amides is 1. The van der Waals surface area contributed by atoms with Crippen molar-refractivity contribution in [2.75, 3.05) is 56.6 Å². The topological polar surface area (TPSA) is 97.5 Å². The molecule has 0 radical (unpaired) electrons. The SMILES string of the molecule is CNC(=O)c1ccc(N2CCC(N3CCC(c4nc5c(c(=O)[nH]4)CCCN5C)C3)CC2)cn1. The van der Waals surface area contributed by atoms with Crippen LogP contribution in [0.4, 0.5) is 11.5 Å². The molecule has 2 saturated heterocycles. The molecule has 3 aliphatic heterocycles. The van der Waals surface area contributed by atoms with Gasteiger partial charge in [-0.1, -0.05) is 0 Å². The Bertz CT molecular complexity index is 1060. The Balaban J connectivity index is 1.19. The van der Waals surface area contributed by atoms with Gasteiger partial charge in [-0.05, 0) is 50.8 Å². The number of anilines is 2. The van der Waals surface area contributed by atoms with E-state index in [1.807, 2.05) is 13.1 Å². The van der Waals surface area contributed by atoms with Gasteiger partial charge in [-0.25, -0.2) is 9.97 Å². The number of nitrogens with zero attached hydrogens (tertiary/aromatic N) is 5. The normalized spacial score (nSPS) is 21.8. The summed E-state index contributed by atoms with van der Waals surface area (Å²) >= 11 is 0. The second-order valence-corrected chi connectivity index (χ2v) is 9.46. The van der Waals surface area contributed by atoms with Crippen molar-refractivity contribution in [1.29, 1.82) is 0 Å². The summed E-state index contributed by atoms with van der Waals surface area (Å²) in [4.78, 5) is 43.7. The standard InChI is InChI=1S/C24H33N7O2/c1-25-24(33)20-6-5-18(14-26-20)30-12-8-17(9-13-30)31-11-7-16(15-31)21-27-22-19(23(32)28-21)4-3-10-29(22)2/h5-6,14,16-17H,3-4,7-13,15H2,1-2H3,(H,25,33)(H,27,28,32). The Labute approximate surface area is 194 Å². The van der Waals surface area contributed by atoms with Crippen LogP contribution in [-0.4, -0.2) is 78.6 Å². The second kappa shape index (κ2) is 9.13. The zero-order valence-electron chi connectivity index (χ0n) is 19.5. The lowest BCUT2D eigenvalue weighted by Crippen LogP contribution is -2.44.